The van der Waals surface area contributed by atoms with Crippen molar-refractivity contribution in [3.63, 3.8) is 0 Å². The van der Waals surface area contributed by atoms with Crippen LogP contribution in [-0.2, 0) is 15.7 Å². The topological polar surface area (TPSA) is 55.4 Å². The number of carbonyl (C=O) groups excluding carboxylic acids is 2. The Hall–Kier alpha value is -2.83. The molecule has 0 spiro atoms. The molecule has 7 heteroatoms. The highest BCUT2D eigenvalue weighted by atomic mass is 19.4. The number of halogens is 3. The molecule has 4 fully saturated rings. The Kier molecular flexibility index (Phi) is 6.14. The Balaban J connectivity index is 1.21. The van der Waals surface area contributed by atoms with Crippen molar-refractivity contribution in [1.29, 1.82) is 0 Å². The fourth-order valence-electron chi connectivity index (χ4n) is 7.10. The van der Waals surface area contributed by atoms with Crippen LogP contribution in [0.1, 0.15) is 61.4 Å². The van der Waals surface area contributed by atoms with Crippen molar-refractivity contribution >= 4 is 11.9 Å². The first-order valence-corrected chi connectivity index (χ1v) is 12.4. The molecule has 4 aliphatic carbocycles. The zero-order chi connectivity index (χ0) is 24.8. The molecule has 0 heterocycles. The highest BCUT2D eigenvalue weighted by molar-refractivity contribution is 5.98. The Bertz CT molecular complexity index is 1070. The molecule has 2 aromatic carbocycles. The van der Waals surface area contributed by atoms with Gasteiger partial charge in [-0.2, -0.15) is 13.2 Å². The molecule has 6 rings (SSSR count). The Morgan fingerprint density at radius 1 is 0.971 bits per heavy atom. The van der Waals surface area contributed by atoms with E-state index in [2.05, 4.69) is 12.2 Å². The second kappa shape index (κ2) is 8.99. The fraction of sp³-hybridized carbons (Fsp3) is 0.500. The van der Waals surface area contributed by atoms with E-state index in [9.17, 15) is 22.8 Å². The van der Waals surface area contributed by atoms with Gasteiger partial charge < -0.3 is 10.1 Å². The molecule has 0 saturated heterocycles. The summed E-state index contributed by atoms with van der Waals surface area (Å²) < 4.78 is 44.0. The smallest absolute Gasteiger partial charge is 0.416 e. The lowest BCUT2D eigenvalue weighted by Gasteiger charge is -2.59. The molecular weight excluding hydrogens is 455 g/mol. The van der Waals surface area contributed by atoms with E-state index in [0.29, 0.717) is 11.1 Å². The largest absolute Gasteiger partial charge is 0.452 e. The van der Waals surface area contributed by atoms with E-state index in [1.54, 1.807) is 24.3 Å². The summed E-state index contributed by atoms with van der Waals surface area (Å²) in [4.78, 5) is 25.5. The van der Waals surface area contributed by atoms with Crippen LogP contribution in [0.25, 0.3) is 11.1 Å². The van der Waals surface area contributed by atoms with Crippen LogP contribution in [0.5, 0.6) is 0 Å². The highest BCUT2D eigenvalue weighted by Gasteiger charge is 2.53. The molecule has 0 radical (unpaired) electrons. The van der Waals surface area contributed by atoms with Gasteiger partial charge in [-0.3, -0.25) is 4.79 Å². The minimum Gasteiger partial charge on any atom is -0.452 e. The van der Waals surface area contributed by atoms with Gasteiger partial charge in [0.1, 0.15) is 0 Å². The van der Waals surface area contributed by atoms with Crippen LogP contribution in [0.4, 0.5) is 13.2 Å². The molecule has 4 bridgehead atoms. The third kappa shape index (κ3) is 4.82. The molecule has 4 aliphatic rings. The second-order valence-electron chi connectivity index (χ2n) is 10.8. The summed E-state index contributed by atoms with van der Waals surface area (Å²) in [5.74, 6) is 1.33. The molecule has 0 unspecified atom stereocenters. The van der Waals surface area contributed by atoms with Crippen LogP contribution in [0.3, 0.4) is 0 Å². The van der Waals surface area contributed by atoms with Crippen molar-refractivity contribution in [3.8, 4) is 11.1 Å². The molecular formula is C28H30F3NO3. The lowest BCUT2D eigenvalue weighted by molar-refractivity contribution is -0.137. The van der Waals surface area contributed by atoms with Gasteiger partial charge in [0.25, 0.3) is 5.91 Å². The van der Waals surface area contributed by atoms with Crippen molar-refractivity contribution in [3.05, 3.63) is 59.7 Å². The number of ether oxygens (including phenoxy) is 1. The van der Waals surface area contributed by atoms with Crippen LogP contribution < -0.4 is 5.32 Å². The maximum atomic E-state index is 12.9. The van der Waals surface area contributed by atoms with E-state index in [-0.39, 0.29) is 22.9 Å². The quantitative estimate of drug-likeness (QED) is 0.492. The average molecular weight is 486 g/mol. The summed E-state index contributed by atoms with van der Waals surface area (Å²) in [5.41, 5.74) is 0.517. The van der Waals surface area contributed by atoms with E-state index in [1.807, 2.05) is 0 Å². The van der Waals surface area contributed by atoms with Gasteiger partial charge in [-0.1, -0.05) is 30.3 Å². The highest BCUT2D eigenvalue weighted by Crippen LogP contribution is 2.61. The number of rotatable bonds is 6. The second-order valence-corrected chi connectivity index (χ2v) is 10.8. The van der Waals surface area contributed by atoms with Crippen LogP contribution >= 0.6 is 0 Å². The normalized spacial score (nSPS) is 27.9. The number of nitrogens with one attached hydrogen (secondary N) is 1. The van der Waals surface area contributed by atoms with Gasteiger partial charge in [0.15, 0.2) is 6.61 Å². The first-order chi connectivity index (χ1) is 16.6. The molecule has 1 atom stereocenters. The summed E-state index contributed by atoms with van der Waals surface area (Å²) in [5, 5.41) is 3.09. The average Bonchev–Trinajstić information content (AvgIpc) is 2.81. The van der Waals surface area contributed by atoms with Gasteiger partial charge in [0.2, 0.25) is 0 Å². The number of hydrogen-bond acceptors (Lipinski definition) is 3. The maximum Gasteiger partial charge on any atom is 0.416 e. The van der Waals surface area contributed by atoms with Crippen molar-refractivity contribution in [1.82, 2.24) is 5.32 Å². The van der Waals surface area contributed by atoms with Gasteiger partial charge in [0.05, 0.1) is 11.1 Å². The number of amides is 1. The van der Waals surface area contributed by atoms with E-state index in [4.69, 9.17) is 4.74 Å². The first-order valence-electron chi connectivity index (χ1n) is 12.4. The summed E-state index contributed by atoms with van der Waals surface area (Å²) >= 11 is 0. The third-order valence-electron chi connectivity index (χ3n) is 8.39. The molecule has 1 amide bonds. The van der Waals surface area contributed by atoms with E-state index < -0.39 is 24.3 Å². The molecule has 2 aromatic rings. The Morgan fingerprint density at radius 3 is 2.11 bits per heavy atom. The van der Waals surface area contributed by atoms with Gasteiger partial charge in [0, 0.05) is 6.04 Å². The van der Waals surface area contributed by atoms with Crippen LogP contribution in [0, 0.1) is 23.2 Å². The standard InChI is InChI=1S/C28H30F3NO3/c1-17(27-13-18-10-19(14-27)12-20(11-18)15-27)32-25(33)16-35-26(34)24-5-3-2-4-23(24)21-6-8-22(9-7-21)28(29,30)31/h2-9,17-20H,10-16H2,1H3,(H,32,33)/t17-,18?,19?,20?,27?/m1/s1. The van der Waals surface area contributed by atoms with Crippen LogP contribution in [-0.4, -0.2) is 24.5 Å². The molecule has 0 aliphatic heterocycles. The number of carbonyl (C=O) groups is 2. The number of esters is 1. The zero-order valence-corrected chi connectivity index (χ0v) is 19.7. The SMILES string of the molecule is C[C@@H](NC(=O)COC(=O)c1ccccc1-c1ccc(C(F)(F)F)cc1)C12CC3CC(CC(C3)C1)C2. The van der Waals surface area contributed by atoms with Gasteiger partial charge in [-0.25, -0.2) is 4.79 Å². The zero-order valence-electron chi connectivity index (χ0n) is 19.7. The van der Waals surface area contributed by atoms with Crippen LogP contribution in [0.2, 0.25) is 0 Å². The molecule has 1 N–H and O–H groups in total. The lowest BCUT2D eigenvalue weighted by atomic mass is 9.48. The van der Waals surface area contributed by atoms with E-state index in [0.717, 1.165) is 29.9 Å². The molecule has 0 aromatic heterocycles. The lowest BCUT2D eigenvalue weighted by Crippen LogP contribution is -2.56. The third-order valence-corrected chi connectivity index (χ3v) is 8.39. The predicted molar refractivity (Wildman–Crippen MR) is 125 cm³/mol. The number of benzene rings is 2. The molecule has 35 heavy (non-hydrogen) atoms. The summed E-state index contributed by atoms with van der Waals surface area (Å²) in [6, 6.07) is 11.2. The molecule has 4 nitrogen and oxygen atoms in total. The van der Waals surface area contributed by atoms with Crippen LogP contribution in [0.15, 0.2) is 48.5 Å². The minimum atomic E-state index is -4.43. The molecule has 186 valence electrons. The Morgan fingerprint density at radius 2 is 1.54 bits per heavy atom. The van der Waals surface area contributed by atoms with Crippen molar-refractivity contribution in [2.24, 2.45) is 23.2 Å². The Labute approximate surface area is 203 Å². The van der Waals surface area contributed by atoms with E-state index in [1.165, 1.54) is 50.7 Å². The van der Waals surface area contributed by atoms with E-state index >= 15 is 0 Å². The number of hydrogen-bond donors (Lipinski definition) is 1. The van der Waals surface area contributed by atoms with Crippen molar-refractivity contribution < 1.29 is 27.5 Å². The predicted octanol–water partition coefficient (Wildman–Crippen LogP) is 6.25. The summed E-state index contributed by atoms with van der Waals surface area (Å²) in [7, 11) is 0. The van der Waals surface area contributed by atoms with Crippen molar-refractivity contribution in [2.75, 3.05) is 6.61 Å². The first kappa shape index (κ1) is 23.9. The maximum absolute atomic E-state index is 12.9. The molecule has 4 saturated carbocycles. The summed E-state index contributed by atoms with van der Waals surface area (Å²) in [6.45, 7) is 1.68. The van der Waals surface area contributed by atoms with Gasteiger partial charge in [-0.05, 0) is 97.9 Å². The summed E-state index contributed by atoms with van der Waals surface area (Å²) in [6.07, 6.45) is 3.06. The number of alkyl halides is 3. The van der Waals surface area contributed by atoms with Gasteiger partial charge >= 0.3 is 12.1 Å². The van der Waals surface area contributed by atoms with Gasteiger partial charge in [-0.15, -0.1) is 0 Å². The monoisotopic (exact) mass is 485 g/mol. The minimum absolute atomic E-state index is 0.0292. The fourth-order valence-corrected chi connectivity index (χ4v) is 7.10. The van der Waals surface area contributed by atoms with Crippen molar-refractivity contribution in [2.45, 2.75) is 57.7 Å².